The first-order chi connectivity index (χ1) is 15.1. The van der Waals surface area contributed by atoms with Crippen LogP contribution in [-0.2, 0) is 11.8 Å². The number of nitrogens with one attached hydrogen (secondary N) is 2. The second-order valence-electron chi connectivity index (χ2n) is 11.2. The van der Waals surface area contributed by atoms with Crippen LogP contribution in [0.3, 0.4) is 0 Å². The van der Waals surface area contributed by atoms with Crippen molar-refractivity contribution < 1.29 is 0 Å². The molecule has 0 amide bonds. The Morgan fingerprint density at radius 3 is 2.50 bits per heavy atom. The largest absolute Gasteiger partial charge is 0.362 e. The van der Waals surface area contributed by atoms with Crippen molar-refractivity contribution in [2.45, 2.75) is 85.0 Å². The average Bonchev–Trinajstić information content (AvgIpc) is 2.74. The van der Waals surface area contributed by atoms with E-state index in [1.807, 2.05) is 0 Å². The molecule has 0 aromatic heterocycles. The molecule has 2 nitrogen and oxygen atoms in total. The van der Waals surface area contributed by atoms with Crippen LogP contribution in [0, 0.1) is 25.2 Å². The highest BCUT2D eigenvalue weighted by Crippen LogP contribution is 2.57. The maximum absolute atomic E-state index is 5.73. The summed E-state index contributed by atoms with van der Waals surface area (Å²) in [6.45, 7) is 14.8. The molecule has 2 aliphatic carbocycles. The lowest BCUT2D eigenvalue weighted by Gasteiger charge is -2.55. The van der Waals surface area contributed by atoms with Gasteiger partial charge in [0.25, 0.3) is 0 Å². The summed E-state index contributed by atoms with van der Waals surface area (Å²) in [6, 6.07) is 13.7. The number of hydrogen-bond donors (Lipinski definition) is 2. The molecule has 1 fully saturated rings. The van der Waals surface area contributed by atoms with Gasteiger partial charge in [-0.2, -0.15) is 0 Å². The lowest BCUT2D eigenvalue weighted by atomic mass is 9.49. The number of rotatable bonds is 4. The van der Waals surface area contributed by atoms with Gasteiger partial charge in [-0.15, -0.1) is 0 Å². The fourth-order valence-corrected chi connectivity index (χ4v) is 6.84. The normalized spacial score (nSPS) is 26.9. The summed E-state index contributed by atoms with van der Waals surface area (Å²) in [5.41, 5.74) is 8.79. The third-order valence-electron chi connectivity index (χ3n) is 8.54. The van der Waals surface area contributed by atoms with Crippen molar-refractivity contribution in [2.75, 3.05) is 11.9 Å². The maximum atomic E-state index is 5.73. The van der Waals surface area contributed by atoms with Crippen LogP contribution in [-0.4, -0.2) is 11.7 Å². The van der Waals surface area contributed by atoms with Crippen molar-refractivity contribution in [3.8, 4) is 0 Å². The van der Waals surface area contributed by atoms with E-state index in [0.717, 1.165) is 17.3 Å². The quantitative estimate of drug-likeness (QED) is 0.476. The number of aryl methyl sites for hydroxylation is 3. The molecule has 2 N–H and O–H groups in total. The SMILES string of the molecule is Cc1cccc(C)c1NC(=S)NCC1(C)CCCC2(C)c3ccc(C(C)C)cc3CCC12. The molecular formula is C29H40N2S. The standard InChI is InChI=1S/C29H40N2S/c1-19(2)22-11-13-24-23(17-22)12-14-25-28(5,15-8-16-29(24,25)6)18-30-27(32)31-26-20(3)9-7-10-21(26)4/h7,9-11,13,17,19,25H,8,12,14-16,18H2,1-6H3,(H2,30,31,32). The van der Waals surface area contributed by atoms with Gasteiger partial charge in [0.2, 0.25) is 0 Å². The van der Waals surface area contributed by atoms with Crippen LogP contribution >= 0.6 is 12.2 Å². The molecule has 4 rings (SSSR count). The molecule has 3 atom stereocenters. The first kappa shape index (κ1) is 23.3. The van der Waals surface area contributed by atoms with E-state index in [1.54, 1.807) is 11.1 Å². The predicted molar refractivity (Wildman–Crippen MR) is 142 cm³/mol. The third-order valence-corrected chi connectivity index (χ3v) is 8.79. The van der Waals surface area contributed by atoms with Crippen molar-refractivity contribution in [1.82, 2.24) is 5.32 Å². The summed E-state index contributed by atoms with van der Waals surface area (Å²) in [5.74, 6) is 1.27. The Bertz CT molecular complexity index is 990. The first-order valence-corrected chi connectivity index (χ1v) is 12.8. The predicted octanol–water partition coefficient (Wildman–Crippen LogP) is 7.42. The van der Waals surface area contributed by atoms with Crippen LogP contribution in [0.15, 0.2) is 36.4 Å². The van der Waals surface area contributed by atoms with Gasteiger partial charge in [-0.3, -0.25) is 0 Å². The van der Waals surface area contributed by atoms with E-state index in [9.17, 15) is 0 Å². The van der Waals surface area contributed by atoms with Gasteiger partial charge in [0.15, 0.2) is 5.11 Å². The molecule has 0 spiro atoms. The lowest BCUT2D eigenvalue weighted by Crippen LogP contribution is -2.53. The first-order valence-electron chi connectivity index (χ1n) is 12.4. The number of para-hydroxylation sites is 1. The molecule has 2 aromatic carbocycles. The summed E-state index contributed by atoms with van der Waals surface area (Å²) in [6.07, 6.45) is 6.34. The van der Waals surface area contributed by atoms with Gasteiger partial charge in [-0.1, -0.05) is 70.5 Å². The number of hydrogen-bond acceptors (Lipinski definition) is 1. The highest BCUT2D eigenvalue weighted by Gasteiger charge is 2.51. The minimum absolute atomic E-state index is 0.244. The van der Waals surface area contributed by atoms with Crippen LogP contribution < -0.4 is 10.6 Å². The molecular weight excluding hydrogens is 408 g/mol. The van der Waals surface area contributed by atoms with Crippen LogP contribution in [0.1, 0.15) is 87.1 Å². The fraction of sp³-hybridized carbons (Fsp3) is 0.552. The Kier molecular flexibility index (Phi) is 6.42. The number of anilines is 1. The summed E-state index contributed by atoms with van der Waals surface area (Å²) in [7, 11) is 0. The van der Waals surface area contributed by atoms with Gasteiger partial charge in [-0.25, -0.2) is 0 Å². The highest BCUT2D eigenvalue weighted by molar-refractivity contribution is 7.80. The van der Waals surface area contributed by atoms with Gasteiger partial charge < -0.3 is 10.6 Å². The zero-order valence-corrected chi connectivity index (χ0v) is 21.6. The van der Waals surface area contributed by atoms with Crippen molar-refractivity contribution in [3.63, 3.8) is 0 Å². The molecule has 3 unspecified atom stereocenters. The number of benzene rings is 2. The maximum Gasteiger partial charge on any atom is 0.170 e. The van der Waals surface area contributed by atoms with E-state index in [0.29, 0.717) is 11.8 Å². The second kappa shape index (κ2) is 8.82. The monoisotopic (exact) mass is 448 g/mol. The summed E-state index contributed by atoms with van der Waals surface area (Å²) in [4.78, 5) is 0. The van der Waals surface area contributed by atoms with E-state index < -0.39 is 0 Å². The van der Waals surface area contributed by atoms with Crippen molar-refractivity contribution in [3.05, 3.63) is 64.2 Å². The Balaban J connectivity index is 1.51. The smallest absolute Gasteiger partial charge is 0.170 e. The van der Waals surface area contributed by atoms with Crippen molar-refractivity contribution in [2.24, 2.45) is 11.3 Å². The van der Waals surface area contributed by atoms with Gasteiger partial charge in [-0.05, 0) is 102 Å². The van der Waals surface area contributed by atoms with Crippen molar-refractivity contribution >= 4 is 23.0 Å². The van der Waals surface area contributed by atoms with E-state index in [-0.39, 0.29) is 10.8 Å². The minimum Gasteiger partial charge on any atom is -0.362 e. The minimum atomic E-state index is 0.244. The van der Waals surface area contributed by atoms with E-state index in [2.05, 4.69) is 88.6 Å². The molecule has 0 radical (unpaired) electrons. The number of thiocarbonyl (C=S) groups is 1. The summed E-state index contributed by atoms with van der Waals surface area (Å²) < 4.78 is 0. The van der Waals surface area contributed by atoms with Crippen LogP contribution in [0.25, 0.3) is 0 Å². The molecule has 32 heavy (non-hydrogen) atoms. The van der Waals surface area contributed by atoms with Crippen LogP contribution in [0.4, 0.5) is 5.69 Å². The lowest BCUT2D eigenvalue weighted by molar-refractivity contribution is 0.0294. The number of fused-ring (bicyclic) bond motifs is 3. The fourth-order valence-electron chi connectivity index (χ4n) is 6.67. The Morgan fingerprint density at radius 2 is 1.81 bits per heavy atom. The molecule has 0 heterocycles. The molecule has 1 saturated carbocycles. The van der Waals surface area contributed by atoms with E-state index in [4.69, 9.17) is 12.2 Å². The van der Waals surface area contributed by atoms with E-state index >= 15 is 0 Å². The third kappa shape index (κ3) is 4.21. The molecule has 2 aromatic rings. The molecule has 3 heteroatoms. The molecule has 172 valence electrons. The van der Waals surface area contributed by atoms with Crippen LogP contribution in [0.5, 0.6) is 0 Å². The average molecular weight is 449 g/mol. The highest BCUT2D eigenvalue weighted by atomic mass is 32.1. The Hall–Kier alpha value is -1.87. The zero-order chi connectivity index (χ0) is 23.1. The summed E-state index contributed by atoms with van der Waals surface area (Å²) in [5, 5.41) is 7.83. The zero-order valence-electron chi connectivity index (χ0n) is 20.8. The molecule has 0 saturated heterocycles. The Labute approximate surface area is 200 Å². The van der Waals surface area contributed by atoms with Gasteiger partial charge in [0.1, 0.15) is 0 Å². The second-order valence-corrected chi connectivity index (χ2v) is 11.6. The molecule has 0 bridgehead atoms. The molecule has 2 aliphatic rings. The topological polar surface area (TPSA) is 24.1 Å². The van der Waals surface area contributed by atoms with Gasteiger partial charge in [0, 0.05) is 12.2 Å². The Morgan fingerprint density at radius 1 is 1.09 bits per heavy atom. The van der Waals surface area contributed by atoms with Crippen molar-refractivity contribution in [1.29, 1.82) is 0 Å². The summed E-state index contributed by atoms with van der Waals surface area (Å²) >= 11 is 5.73. The molecule has 0 aliphatic heterocycles. The van der Waals surface area contributed by atoms with Crippen LogP contribution in [0.2, 0.25) is 0 Å². The van der Waals surface area contributed by atoms with Gasteiger partial charge in [0.05, 0.1) is 0 Å². The van der Waals surface area contributed by atoms with E-state index in [1.165, 1.54) is 48.8 Å². The van der Waals surface area contributed by atoms with Gasteiger partial charge >= 0.3 is 0 Å².